The van der Waals surface area contributed by atoms with Gasteiger partial charge in [0, 0.05) is 12.2 Å². The van der Waals surface area contributed by atoms with Crippen LogP contribution in [-0.2, 0) is 9.59 Å². The largest absolute Gasteiger partial charge is 0.423 e. The molecule has 0 fully saturated rings. The molecule has 0 radical (unpaired) electrons. The lowest BCUT2D eigenvalue weighted by Gasteiger charge is -2.13. The van der Waals surface area contributed by atoms with E-state index >= 15 is 0 Å². The number of benzene rings is 2. The Morgan fingerprint density at radius 1 is 0.818 bits per heavy atom. The molecule has 0 aliphatic carbocycles. The number of carbonyl (C=O) groups is 3. The van der Waals surface area contributed by atoms with Crippen LogP contribution in [-0.4, -0.2) is 17.8 Å². The molecule has 2 aromatic carbocycles. The van der Waals surface area contributed by atoms with Crippen LogP contribution in [0.5, 0.6) is 5.75 Å². The van der Waals surface area contributed by atoms with Crippen LogP contribution < -0.4 is 9.64 Å². The number of nitrogens with zero attached hydrogens (tertiary/aromatic N) is 1. The van der Waals surface area contributed by atoms with Crippen LogP contribution in [0.3, 0.4) is 0 Å². The number of amides is 2. The summed E-state index contributed by atoms with van der Waals surface area (Å²) in [5.41, 5.74) is 0.746. The molecule has 3 rings (SSSR count). The quantitative estimate of drug-likeness (QED) is 0.495. The zero-order valence-corrected chi connectivity index (χ0v) is 11.4. The molecular formula is C17H11NO4. The van der Waals surface area contributed by atoms with Gasteiger partial charge < -0.3 is 4.74 Å². The van der Waals surface area contributed by atoms with Gasteiger partial charge in [-0.1, -0.05) is 18.2 Å². The van der Waals surface area contributed by atoms with E-state index < -0.39 is 17.8 Å². The van der Waals surface area contributed by atoms with Crippen molar-refractivity contribution in [2.24, 2.45) is 0 Å². The normalized spacial score (nSPS) is 13.5. The van der Waals surface area contributed by atoms with Crippen LogP contribution in [0, 0.1) is 0 Å². The zero-order chi connectivity index (χ0) is 15.5. The molecule has 0 spiro atoms. The second kappa shape index (κ2) is 5.65. The van der Waals surface area contributed by atoms with Crippen molar-refractivity contribution < 1.29 is 19.1 Å². The first-order valence-electron chi connectivity index (χ1n) is 6.58. The molecule has 5 heteroatoms. The molecule has 1 aliphatic rings. The molecule has 108 valence electrons. The van der Waals surface area contributed by atoms with Gasteiger partial charge in [-0.2, -0.15) is 0 Å². The fraction of sp³-hybridized carbons (Fsp3) is 0. The Kier molecular flexibility index (Phi) is 3.53. The maximum Gasteiger partial charge on any atom is 0.343 e. The van der Waals surface area contributed by atoms with Crippen molar-refractivity contribution in [2.75, 3.05) is 4.90 Å². The van der Waals surface area contributed by atoms with Gasteiger partial charge in [-0.3, -0.25) is 9.59 Å². The number of esters is 1. The van der Waals surface area contributed by atoms with Gasteiger partial charge in [0.25, 0.3) is 11.8 Å². The number of ether oxygens (including phenoxy) is 1. The highest BCUT2D eigenvalue weighted by Gasteiger charge is 2.25. The Morgan fingerprint density at radius 3 is 2.00 bits per heavy atom. The molecule has 5 nitrogen and oxygen atoms in total. The van der Waals surface area contributed by atoms with Crippen molar-refractivity contribution in [3.05, 3.63) is 72.3 Å². The van der Waals surface area contributed by atoms with Gasteiger partial charge in [-0.15, -0.1) is 0 Å². The molecule has 0 unspecified atom stereocenters. The van der Waals surface area contributed by atoms with E-state index in [0.29, 0.717) is 17.0 Å². The van der Waals surface area contributed by atoms with Crippen LogP contribution in [0.2, 0.25) is 0 Å². The summed E-state index contributed by atoms with van der Waals surface area (Å²) < 4.78 is 5.21. The molecule has 0 atom stereocenters. The minimum absolute atomic E-state index is 0.333. The summed E-state index contributed by atoms with van der Waals surface area (Å²) in [6.07, 6.45) is 2.42. The lowest BCUT2D eigenvalue weighted by atomic mass is 10.2. The van der Waals surface area contributed by atoms with Crippen LogP contribution in [0.15, 0.2) is 66.7 Å². The molecule has 2 amide bonds. The van der Waals surface area contributed by atoms with E-state index in [0.717, 1.165) is 4.90 Å². The number of para-hydroxylation sites is 1. The third-order valence-corrected chi connectivity index (χ3v) is 3.12. The van der Waals surface area contributed by atoms with Crippen molar-refractivity contribution in [1.82, 2.24) is 0 Å². The Labute approximate surface area is 126 Å². The fourth-order valence-electron chi connectivity index (χ4n) is 2.06. The summed E-state index contributed by atoms with van der Waals surface area (Å²) in [4.78, 5) is 36.2. The SMILES string of the molecule is O=C(Oc1ccccc1)c1ccc(N2C(=O)C=CC2=O)cc1. The average Bonchev–Trinajstić information content (AvgIpc) is 2.87. The third kappa shape index (κ3) is 2.64. The van der Waals surface area contributed by atoms with Gasteiger partial charge in [-0.05, 0) is 36.4 Å². The molecule has 0 N–H and O–H groups in total. The first-order chi connectivity index (χ1) is 10.6. The monoisotopic (exact) mass is 293 g/mol. The molecule has 0 saturated heterocycles. The third-order valence-electron chi connectivity index (χ3n) is 3.12. The second-order valence-electron chi connectivity index (χ2n) is 4.59. The van der Waals surface area contributed by atoms with Crippen molar-refractivity contribution >= 4 is 23.5 Å². The van der Waals surface area contributed by atoms with E-state index in [1.54, 1.807) is 24.3 Å². The number of imide groups is 1. The predicted octanol–water partition coefficient (Wildman–Crippen LogP) is 2.34. The topological polar surface area (TPSA) is 63.7 Å². The average molecular weight is 293 g/mol. The Bertz CT molecular complexity index is 745. The van der Waals surface area contributed by atoms with E-state index in [1.807, 2.05) is 6.07 Å². The number of carbonyl (C=O) groups excluding carboxylic acids is 3. The van der Waals surface area contributed by atoms with Crippen LogP contribution >= 0.6 is 0 Å². The van der Waals surface area contributed by atoms with E-state index in [1.165, 1.54) is 36.4 Å². The van der Waals surface area contributed by atoms with Gasteiger partial charge in [0.05, 0.1) is 11.3 Å². The summed E-state index contributed by atoms with van der Waals surface area (Å²) in [6.45, 7) is 0. The summed E-state index contributed by atoms with van der Waals surface area (Å²) in [5.74, 6) is -0.852. The molecule has 1 heterocycles. The summed E-state index contributed by atoms with van der Waals surface area (Å²) in [6, 6.07) is 14.8. The van der Waals surface area contributed by atoms with E-state index in [2.05, 4.69) is 0 Å². The van der Waals surface area contributed by atoms with Gasteiger partial charge in [-0.25, -0.2) is 9.69 Å². The van der Waals surface area contributed by atoms with Gasteiger partial charge in [0.15, 0.2) is 0 Å². The van der Waals surface area contributed by atoms with Gasteiger partial charge in [0.2, 0.25) is 0 Å². The molecule has 0 aromatic heterocycles. The molecule has 0 bridgehead atoms. The van der Waals surface area contributed by atoms with Crippen molar-refractivity contribution in [2.45, 2.75) is 0 Å². The van der Waals surface area contributed by atoms with Crippen molar-refractivity contribution in [1.29, 1.82) is 0 Å². The molecule has 2 aromatic rings. The maximum absolute atomic E-state index is 12.0. The lowest BCUT2D eigenvalue weighted by molar-refractivity contribution is -0.119. The molecule has 0 saturated carbocycles. The number of hydrogen-bond acceptors (Lipinski definition) is 4. The predicted molar refractivity (Wildman–Crippen MR) is 79.5 cm³/mol. The number of rotatable bonds is 3. The summed E-state index contributed by atoms with van der Waals surface area (Å²) in [5, 5.41) is 0. The molecule has 22 heavy (non-hydrogen) atoms. The summed E-state index contributed by atoms with van der Waals surface area (Å²) >= 11 is 0. The highest BCUT2D eigenvalue weighted by Crippen LogP contribution is 2.20. The van der Waals surface area contributed by atoms with E-state index in [4.69, 9.17) is 4.74 Å². The lowest BCUT2D eigenvalue weighted by Crippen LogP contribution is -2.29. The molecule has 1 aliphatic heterocycles. The first-order valence-corrected chi connectivity index (χ1v) is 6.58. The maximum atomic E-state index is 12.0. The Balaban J connectivity index is 1.76. The fourth-order valence-corrected chi connectivity index (χ4v) is 2.06. The Morgan fingerprint density at radius 2 is 1.41 bits per heavy atom. The van der Waals surface area contributed by atoms with Crippen molar-refractivity contribution in [3.63, 3.8) is 0 Å². The van der Waals surface area contributed by atoms with E-state index in [9.17, 15) is 14.4 Å². The number of hydrogen-bond donors (Lipinski definition) is 0. The first kappa shape index (κ1) is 13.8. The highest BCUT2D eigenvalue weighted by atomic mass is 16.5. The number of anilines is 1. The van der Waals surface area contributed by atoms with E-state index in [-0.39, 0.29) is 0 Å². The Hall–Kier alpha value is -3.21. The van der Waals surface area contributed by atoms with Crippen LogP contribution in [0.25, 0.3) is 0 Å². The minimum atomic E-state index is -0.505. The standard InChI is InChI=1S/C17H11NO4/c19-15-10-11-16(20)18(15)13-8-6-12(7-9-13)17(21)22-14-4-2-1-3-5-14/h1-11H. The van der Waals surface area contributed by atoms with Gasteiger partial charge in [0.1, 0.15) is 5.75 Å². The van der Waals surface area contributed by atoms with Crippen LogP contribution in [0.1, 0.15) is 10.4 Å². The van der Waals surface area contributed by atoms with Crippen LogP contribution in [0.4, 0.5) is 5.69 Å². The second-order valence-corrected chi connectivity index (χ2v) is 4.59. The molecular weight excluding hydrogens is 282 g/mol. The van der Waals surface area contributed by atoms with Gasteiger partial charge >= 0.3 is 5.97 Å². The van der Waals surface area contributed by atoms with Crippen molar-refractivity contribution in [3.8, 4) is 5.75 Å². The smallest absolute Gasteiger partial charge is 0.343 e. The zero-order valence-electron chi connectivity index (χ0n) is 11.4. The summed E-state index contributed by atoms with van der Waals surface area (Å²) in [7, 11) is 0. The highest BCUT2D eigenvalue weighted by molar-refractivity contribution is 6.28. The minimum Gasteiger partial charge on any atom is -0.423 e.